The fraction of sp³-hybridized carbons (Fsp3) is 0.538. The number of thioether (sulfide) groups is 1. The first-order valence-corrected chi connectivity index (χ1v) is 6.97. The Morgan fingerprint density at radius 3 is 2.17 bits per heavy atom. The molecule has 1 saturated carbocycles. The van der Waals surface area contributed by atoms with Crippen molar-refractivity contribution in [1.29, 1.82) is 0 Å². The summed E-state index contributed by atoms with van der Waals surface area (Å²) in [6.45, 7) is 0. The molecule has 0 amide bonds. The number of nitrogens with one attached hydrogen (secondary N) is 1. The van der Waals surface area contributed by atoms with Crippen LogP contribution in [-0.2, 0) is 0 Å². The predicted octanol–water partition coefficient (Wildman–Crippen LogP) is 5.04. The van der Waals surface area contributed by atoms with Crippen molar-refractivity contribution in [3.8, 4) is 0 Å². The molecule has 5 heteroatoms. The van der Waals surface area contributed by atoms with E-state index in [0.717, 1.165) is 18.5 Å². The Labute approximate surface area is 109 Å². The van der Waals surface area contributed by atoms with Crippen LogP contribution in [0, 0.1) is 0 Å². The van der Waals surface area contributed by atoms with Crippen molar-refractivity contribution in [3.05, 3.63) is 24.3 Å². The lowest BCUT2D eigenvalue weighted by molar-refractivity contribution is -0.0328. The van der Waals surface area contributed by atoms with Gasteiger partial charge in [0.15, 0.2) is 0 Å². The highest BCUT2D eigenvalue weighted by molar-refractivity contribution is 8.00. The second-order valence-corrected chi connectivity index (χ2v) is 5.69. The lowest BCUT2D eigenvalue weighted by atomic mass is 9.95. The Morgan fingerprint density at radius 1 is 1.00 bits per heavy atom. The normalized spacial score (nSPS) is 17.7. The highest BCUT2D eigenvalue weighted by atomic mass is 32.2. The molecule has 18 heavy (non-hydrogen) atoms. The number of rotatable bonds is 3. The van der Waals surface area contributed by atoms with Gasteiger partial charge in [0.25, 0.3) is 0 Å². The van der Waals surface area contributed by atoms with Gasteiger partial charge in [0.2, 0.25) is 0 Å². The molecule has 2 rings (SSSR count). The number of halogens is 3. The van der Waals surface area contributed by atoms with Crippen molar-refractivity contribution in [2.24, 2.45) is 0 Å². The van der Waals surface area contributed by atoms with Gasteiger partial charge in [-0.2, -0.15) is 13.2 Å². The average molecular weight is 275 g/mol. The summed E-state index contributed by atoms with van der Waals surface area (Å²) in [7, 11) is 0. The van der Waals surface area contributed by atoms with E-state index >= 15 is 0 Å². The minimum atomic E-state index is -4.21. The van der Waals surface area contributed by atoms with Crippen molar-refractivity contribution in [3.63, 3.8) is 0 Å². The molecule has 0 bridgehead atoms. The van der Waals surface area contributed by atoms with Crippen LogP contribution in [0.3, 0.4) is 0 Å². The van der Waals surface area contributed by atoms with Crippen molar-refractivity contribution >= 4 is 17.4 Å². The quantitative estimate of drug-likeness (QED) is 0.775. The molecule has 100 valence electrons. The Bertz CT molecular complexity index is 369. The zero-order valence-electron chi connectivity index (χ0n) is 9.96. The van der Waals surface area contributed by atoms with Crippen LogP contribution in [0.5, 0.6) is 0 Å². The predicted molar refractivity (Wildman–Crippen MR) is 68.8 cm³/mol. The van der Waals surface area contributed by atoms with Gasteiger partial charge in [0.1, 0.15) is 0 Å². The van der Waals surface area contributed by atoms with Gasteiger partial charge in [-0.05, 0) is 48.9 Å². The molecule has 0 heterocycles. The third kappa shape index (κ3) is 4.44. The lowest BCUT2D eigenvalue weighted by Gasteiger charge is -2.23. The first-order valence-electron chi connectivity index (χ1n) is 6.15. The van der Waals surface area contributed by atoms with E-state index in [9.17, 15) is 13.2 Å². The average Bonchev–Trinajstić information content (AvgIpc) is 2.31. The fourth-order valence-corrected chi connectivity index (χ4v) is 2.77. The molecule has 1 N–H and O–H groups in total. The zero-order valence-corrected chi connectivity index (χ0v) is 10.8. The van der Waals surface area contributed by atoms with Gasteiger partial charge in [-0.25, -0.2) is 0 Å². The van der Waals surface area contributed by atoms with E-state index in [1.54, 1.807) is 12.1 Å². The largest absolute Gasteiger partial charge is 0.446 e. The van der Waals surface area contributed by atoms with Crippen LogP contribution in [-0.4, -0.2) is 11.6 Å². The Hall–Kier alpha value is -0.840. The number of hydrogen-bond acceptors (Lipinski definition) is 2. The monoisotopic (exact) mass is 275 g/mol. The standard InChI is InChI=1S/C13H16F3NS/c14-13(15,16)18-12-8-6-11(7-9-12)17-10-4-2-1-3-5-10/h6-10,17H,1-5H2. The van der Waals surface area contributed by atoms with Crippen molar-refractivity contribution < 1.29 is 13.2 Å². The maximum Gasteiger partial charge on any atom is 0.446 e. The molecule has 1 nitrogen and oxygen atoms in total. The van der Waals surface area contributed by atoms with Crippen LogP contribution in [0.25, 0.3) is 0 Å². The van der Waals surface area contributed by atoms with Gasteiger partial charge in [0, 0.05) is 16.6 Å². The second kappa shape index (κ2) is 5.87. The second-order valence-electron chi connectivity index (χ2n) is 4.55. The maximum absolute atomic E-state index is 12.2. The molecule has 1 aliphatic rings. The summed E-state index contributed by atoms with van der Waals surface area (Å²) < 4.78 is 36.5. The topological polar surface area (TPSA) is 12.0 Å². The van der Waals surface area contributed by atoms with Crippen LogP contribution < -0.4 is 5.32 Å². The Morgan fingerprint density at radius 2 is 1.61 bits per heavy atom. The molecule has 0 unspecified atom stereocenters. The SMILES string of the molecule is FC(F)(F)Sc1ccc(NC2CCCCC2)cc1. The van der Waals surface area contributed by atoms with Gasteiger partial charge in [-0.1, -0.05) is 19.3 Å². The van der Waals surface area contributed by atoms with E-state index in [4.69, 9.17) is 0 Å². The molecule has 0 radical (unpaired) electrons. The summed E-state index contributed by atoms with van der Waals surface area (Å²) in [5, 5.41) is 3.38. The fourth-order valence-electron chi connectivity index (χ4n) is 2.24. The highest BCUT2D eigenvalue weighted by Crippen LogP contribution is 2.37. The highest BCUT2D eigenvalue weighted by Gasteiger charge is 2.29. The van der Waals surface area contributed by atoms with Crippen LogP contribution in [0.15, 0.2) is 29.2 Å². The third-order valence-electron chi connectivity index (χ3n) is 3.06. The summed E-state index contributed by atoms with van der Waals surface area (Å²) >= 11 is -0.0723. The van der Waals surface area contributed by atoms with E-state index in [1.807, 2.05) is 0 Å². The van der Waals surface area contributed by atoms with E-state index < -0.39 is 5.51 Å². The van der Waals surface area contributed by atoms with Crippen molar-refractivity contribution in [1.82, 2.24) is 0 Å². The van der Waals surface area contributed by atoms with E-state index in [1.165, 1.54) is 31.4 Å². The molecule has 1 fully saturated rings. The maximum atomic E-state index is 12.2. The molecule has 0 atom stereocenters. The summed E-state index contributed by atoms with van der Waals surface area (Å²) in [6, 6.07) is 6.96. The molecule has 1 aromatic carbocycles. The van der Waals surface area contributed by atoms with Crippen LogP contribution in [0.2, 0.25) is 0 Å². The molecule has 1 aromatic rings. The summed E-state index contributed by atoms with van der Waals surface area (Å²) in [4.78, 5) is 0.233. The minimum Gasteiger partial charge on any atom is -0.382 e. The van der Waals surface area contributed by atoms with Crippen LogP contribution >= 0.6 is 11.8 Å². The van der Waals surface area contributed by atoms with Gasteiger partial charge >= 0.3 is 5.51 Å². The first-order chi connectivity index (χ1) is 8.53. The first kappa shape index (κ1) is 13.6. The molecule has 1 aliphatic carbocycles. The number of anilines is 1. The minimum absolute atomic E-state index is 0.0723. The molecule has 0 aromatic heterocycles. The molecule has 0 saturated heterocycles. The van der Waals surface area contributed by atoms with Gasteiger partial charge in [-0.3, -0.25) is 0 Å². The third-order valence-corrected chi connectivity index (χ3v) is 3.80. The molecular weight excluding hydrogens is 259 g/mol. The van der Waals surface area contributed by atoms with Crippen LogP contribution in [0.4, 0.5) is 18.9 Å². The number of benzene rings is 1. The number of alkyl halides is 3. The zero-order chi connectivity index (χ0) is 13.0. The molecule has 0 spiro atoms. The van der Waals surface area contributed by atoms with E-state index in [-0.39, 0.29) is 16.7 Å². The Kier molecular flexibility index (Phi) is 4.43. The van der Waals surface area contributed by atoms with Crippen molar-refractivity contribution in [2.75, 3.05) is 5.32 Å². The van der Waals surface area contributed by atoms with Gasteiger partial charge in [0.05, 0.1) is 0 Å². The summed E-state index contributed by atoms with van der Waals surface area (Å²) in [5.74, 6) is 0. The van der Waals surface area contributed by atoms with Crippen molar-refractivity contribution in [2.45, 2.75) is 48.5 Å². The lowest BCUT2D eigenvalue weighted by Crippen LogP contribution is -2.22. The van der Waals surface area contributed by atoms with Gasteiger partial charge in [-0.15, -0.1) is 0 Å². The van der Waals surface area contributed by atoms with Gasteiger partial charge < -0.3 is 5.32 Å². The molecule has 0 aliphatic heterocycles. The van der Waals surface area contributed by atoms with Crippen LogP contribution in [0.1, 0.15) is 32.1 Å². The smallest absolute Gasteiger partial charge is 0.382 e. The Balaban J connectivity index is 1.90. The summed E-state index contributed by atoms with van der Waals surface area (Å²) in [6.07, 6.45) is 6.07. The van der Waals surface area contributed by atoms with E-state index in [2.05, 4.69) is 5.32 Å². The molecular formula is C13H16F3NS. The summed E-state index contributed by atoms with van der Waals surface area (Å²) in [5.41, 5.74) is -3.30. The number of hydrogen-bond donors (Lipinski definition) is 1. The van der Waals surface area contributed by atoms with E-state index in [0.29, 0.717) is 6.04 Å².